The molecule has 4 heteroatoms. The quantitative estimate of drug-likeness (QED) is 0.790. The molecule has 120 valence electrons. The van der Waals surface area contributed by atoms with Gasteiger partial charge in [0.05, 0.1) is 0 Å². The summed E-state index contributed by atoms with van der Waals surface area (Å²) >= 11 is 0. The zero-order chi connectivity index (χ0) is 16.0. The maximum absolute atomic E-state index is 14.7. The van der Waals surface area contributed by atoms with E-state index in [1.807, 2.05) is 0 Å². The Bertz CT molecular complexity index is 420. The molecule has 0 saturated carbocycles. The molecule has 0 bridgehead atoms. The smallest absolute Gasteiger partial charge is 0.170 e. The van der Waals surface area contributed by atoms with Crippen molar-refractivity contribution < 1.29 is 4.39 Å². The fraction of sp³-hybridized carbons (Fsp3) is 0.706. The molecule has 0 radical (unpaired) electrons. The molecule has 1 aromatic heterocycles. The molecular weight excluding hydrogens is 265 g/mol. The van der Waals surface area contributed by atoms with E-state index in [0.717, 1.165) is 13.1 Å². The SMILES string of the molecule is CC(C)CN(CC(C)C)c1nccc(CNC(C)C)c1F. The fourth-order valence-corrected chi connectivity index (χ4v) is 2.27. The van der Waals surface area contributed by atoms with Gasteiger partial charge < -0.3 is 10.2 Å². The summed E-state index contributed by atoms with van der Waals surface area (Å²) in [6, 6.07) is 2.10. The largest absolute Gasteiger partial charge is 0.354 e. The van der Waals surface area contributed by atoms with Gasteiger partial charge in [0.1, 0.15) is 0 Å². The lowest BCUT2D eigenvalue weighted by Gasteiger charge is -2.28. The van der Waals surface area contributed by atoms with Gasteiger partial charge in [0.25, 0.3) is 0 Å². The van der Waals surface area contributed by atoms with Crippen LogP contribution in [0.3, 0.4) is 0 Å². The van der Waals surface area contributed by atoms with E-state index in [-0.39, 0.29) is 5.82 Å². The van der Waals surface area contributed by atoms with Crippen LogP contribution in [0.5, 0.6) is 0 Å². The first-order valence-electron chi connectivity index (χ1n) is 7.93. The molecule has 1 heterocycles. The van der Waals surface area contributed by atoms with Gasteiger partial charge in [-0.15, -0.1) is 0 Å². The predicted octanol–water partition coefficient (Wildman–Crippen LogP) is 3.84. The van der Waals surface area contributed by atoms with E-state index in [1.165, 1.54) is 0 Å². The first-order chi connectivity index (χ1) is 9.81. The van der Waals surface area contributed by atoms with Gasteiger partial charge in [0.15, 0.2) is 11.6 Å². The van der Waals surface area contributed by atoms with Crippen molar-refractivity contribution in [3.63, 3.8) is 0 Å². The summed E-state index contributed by atoms with van der Waals surface area (Å²) in [7, 11) is 0. The fourth-order valence-electron chi connectivity index (χ4n) is 2.27. The second-order valence-electron chi connectivity index (χ2n) is 6.84. The number of anilines is 1. The lowest BCUT2D eigenvalue weighted by Crippen LogP contribution is -2.33. The number of rotatable bonds is 8. The molecule has 0 amide bonds. The van der Waals surface area contributed by atoms with Crippen LogP contribution in [-0.4, -0.2) is 24.1 Å². The van der Waals surface area contributed by atoms with Crippen LogP contribution in [0.15, 0.2) is 12.3 Å². The highest BCUT2D eigenvalue weighted by atomic mass is 19.1. The number of halogens is 1. The van der Waals surface area contributed by atoms with Gasteiger partial charge in [-0.3, -0.25) is 0 Å². The van der Waals surface area contributed by atoms with E-state index >= 15 is 0 Å². The van der Waals surface area contributed by atoms with Crippen molar-refractivity contribution in [2.45, 2.75) is 54.1 Å². The predicted molar refractivity (Wildman–Crippen MR) is 88.1 cm³/mol. The number of pyridine rings is 1. The first-order valence-corrected chi connectivity index (χ1v) is 7.93. The number of aromatic nitrogens is 1. The summed E-state index contributed by atoms with van der Waals surface area (Å²) in [4.78, 5) is 6.37. The average Bonchev–Trinajstić information content (AvgIpc) is 2.35. The lowest BCUT2D eigenvalue weighted by molar-refractivity contribution is 0.519. The molecule has 0 unspecified atom stereocenters. The van der Waals surface area contributed by atoms with Crippen molar-refractivity contribution in [2.75, 3.05) is 18.0 Å². The number of nitrogens with one attached hydrogen (secondary N) is 1. The third-order valence-corrected chi connectivity index (χ3v) is 3.12. The van der Waals surface area contributed by atoms with E-state index in [0.29, 0.717) is 35.8 Å². The summed E-state index contributed by atoms with van der Waals surface area (Å²) in [5.41, 5.74) is 0.686. The Morgan fingerprint density at radius 2 is 1.67 bits per heavy atom. The number of nitrogens with zero attached hydrogens (tertiary/aromatic N) is 2. The summed E-state index contributed by atoms with van der Waals surface area (Å²) in [5.74, 6) is 1.25. The van der Waals surface area contributed by atoms with Crippen LogP contribution in [0.1, 0.15) is 47.1 Å². The molecule has 0 aromatic carbocycles. The van der Waals surface area contributed by atoms with Crippen LogP contribution in [0.4, 0.5) is 10.2 Å². The van der Waals surface area contributed by atoms with E-state index in [1.54, 1.807) is 12.3 Å². The van der Waals surface area contributed by atoms with Crippen molar-refractivity contribution in [1.29, 1.82) is 0 Å². The molecule has 21 heavy (non-hydrogen) atoms. The van der Waals surface area contributed by atoms with Crippen molar-refractivity contribution in [2.24, 2.45) is 11.8 Å². The standard InChI is InChI=1S/C17H30FN3/c1-12(2)10-21(11-13(3)4)17-16(18)15(7-8-19-17)9-20-14(5)6/h7-8,12-14,20H,9-11H2,1-6H3. The van der Waals surface area contributed by atoms with Crippen LogP contribution < -0.4 is 10.2 Å². The van der Waals surface area contributed by atoms with Crippen molar-refractivity contribution >= 4 is 5.82 Å². The molecule has 1 rings (SSSR count). The Balaban J connectivity index is 2.99. The third-order valence-electron chi connectivity index (χ3n) is 3.12. The maximum atomic E-state index is 14.7. The molecule has 0 spiro atoms. The van der Waals surface area contributed by atoms with Crippen LogP contribution in [0.2, 0.25) is 0 Å². The summed E-state index contributed by atoms with van der Waals surface area (Å²) in [6.45, 7) is 14.9. The van der Waals surface area contributed by atoms with Gasteiger partial charge in [-0.25, -0.2) is 9.37 Å². The minimum absolute atomic E-state index is 0.188. The van der Waals surface area contributed by atoms with Crippen LogP contribution in [0, 0.1) is 17.7 Å². The molecule has 0 aliphatic heterocycles. The average molecular weight is 295 g/mol. The molecule has 3 nitrogen and oxygen atoms in total. The minimum Gasteiger partial charge on any atom is -0.354 e. The number of hydrogen-bond donors (Lipinski definition) is 1. The molecule has 0 atom stereocenters. The van der Waals surface area contributed by atoms with Crippen LogP contribution in [0.25, 0.3) is 0 Å². The normalized spacial score (nSPS) is 11.7. The van der Waals surface area contributed by atoms with Gasteiger partial charge in [-0.1, -0.05) is 41.5 Å². The summed E-state index contributed by atoms with van der Waals surface area (Å²) in [6.07, 6.45) is 1.71. The van der Waals surface area contributed by atoms with Crippen LogP contribution >= 0.6 is 0 Å². The Kier molecular flexibility index (Phi) is 7.09. The number of hydrogen-bond acceptors (Lipinski definition) is 3. The van der Waals surface area contributed by atoms with E-state index in [2.05, 4.69) is 56.7 Å². The Labute approximate surface area is 129 Å². The molecule has 0 aliphatic carbocycles. The molecule has 0 aliphatic rings. The van der Waals surface area contributed by atoms with E-state index in [9.17, 15) is 4.39 Å². The Morgan fingerprint density at radius 3 is 2.14 bits per heavy atom. The minimum atomic E-state index is -0.188. The van der Waals surface area contributed by atoms with E-state index in [4.69, 9.17) is 0 Å². The van der Waals surface area contributed by atoms with Crippen molar-refractivity contribution in [3.8, 4) is 0 Å². The zero-order valence-corrected chi connectivity index (χ0v) is 14.3. The highest BCUT2D eigenvalue weighted by Gasteiger charge is 2.18. The summed E-state index contributed by atoms with van der Waals surface area (Å²) < 4.78 is 14.7. The Morgan fingerprint density at radius 1 is 1.10 bits per heavy atom. The first kappa shape index (κ1) is 17.9. The molecule has 0 saturated heterocycles. The highest BCUT2D eigenvalue weighted by Crippen LogP contribution is 2.21. The molecule has 1 aromatic rings. The second-order valence-corrected chi connectivity index (χ2v) is 6.84. The highest BCUT2D eigenvalue weighted by molar-refractivity contribution is 5.43. The van der Waals surface area contributed by atoms with Gasteiger partial charge in [0.2, 0.25) is 0 Å². The van der Waals surface area contributed by atoms with Gasteiger partial charge in [0, 0.05) is 37.4 Å². The molecule has 1 N–H and O–H groups in total. The maximum Gasteiger partial charge on any atom is 0.170 e. The zero-order valence-electron chi connectivity index (χ0n) is 14.3. The van der Waals surface area contributed by atoms with Gasteiger partial charge in [-0.05, 0) is 17.9 Å². The van der Waals surface area contributed by atoms with Crippen molar-refractivity contribution in [1.82, 2.24) is 10.3 Å². The van der Waals surface area contributed by atoms with Crippen molar-refractivity contribution in [3.05, 3.63) is 23.6 Å². The summed E-state index contributed by atoms with van der Waals surface area (Å²) in [5, 5.41) is 3.26. The lowest BCUT2D eigenvalue weighted by atomic mass is 10.1. The van der Waals surface area contributed by atoms with E-state index < -0.39 is 0 Å². The Hall–Kier alpha value is -1.16. The molecule has 0 fully saturated rings. The van der Waals surface area contributed by atoms with Gasteiger partial charge in [-0.2, -0.15) is 0 Å². The third kappa shape index (κ3) is 6.00. The topological polar surface area (TPSA) is 28.2 Å². The molecular formula is C17H30FN3. The van der Waals surface area contributed by atoms with Crippen LogP contribution in [-0.2, 0) is 6.54 Å². The second kappa shape index (κ2) is 8.32. The van der Waals surface area contributed by atoms with Gasteiger partial charge >= 0.3 is 0 Å². The monoisotopic (exact) mass is 295 g/mol.